The molecule has 0 rings (SSSR count). The van der Waals surface area contributed by atoms with Crippen LogP contribution in [0.15, 0.2) is 0 Å². The molecule has 0 aliphatic carbocycles. The second-order valence-corrected chi connectivity index (χ2v) is 0. The van der Waals surface area contributed by atoms with Crippen LogP contribution in [-0.2, 0) is 36.3 Å². The number of hydrogen-bond donors (Lipinski definition) is 0. The zero-order chi connectivity index (χ0) is 2.00. The van der Waals surface area contributed by atoms with Gasteiger partial charge >= 0.3 is 19.5 Å². The molecule has 4 heavy (non-hydrogen) atoms. The molecule has 0 aromatic rings. The molecule has 0 unspecified atom stereocenters. The first kappa shape index (κ1) is 16.9. The Hall–Kier alpha value is 1.86. The third-order valence-electron chi connectivity index (χ3n) is 0. The van der Waals surface area contributed by atoms with Gasteiger partial charge in [-0.05, 0) is 0 Å². The molecule has 0 aliphatic heterocycles. The van der Waals surface area contributed by atoms with Gasteiger partial charge in [0.25, 0.3) is 0 Å². The predicted octanol–water partition coefficient (Wildman–Crippen LogP) is 1.21. The molecular weight excluding hydrogens is 299 g/mol. The molecule has 0 bridgehead atoms. The third kappa shape index (κ3) is 9.13. The molecule has 0 saturated heterocycles. The fraction of sp³-hybridized carbons (Fsp3) is 0. The topological polar surface area (TPSA) is 0 Å². The molecule has 30 valence electrons. The van der Waals surface area contributed by atoms with E-state index < -0.39 is 0 Å². The molecule has 0 aromatic heterocycles. The van der Waals surface area contributed by atoms with Crippen LogP contribution in [0.2, 0.25) is 0 Å². The first-order valence-corrected chi connectivity index (χ1v) is 1.79. The van der Waals surface area contributed by atoms with Crippen molar-refractivity contribution in [3.8, 4) is 0 Å². The van der Waals surface area contributed by atoms with E-state index >= 15 is 0 Å². The van der Waals surface area contributed by atoms with Crippen molar-refractivity contribution in [2.45, 2.75) is 0 Å². The van der Waals surface area contributed by atoms with Gasteiger partial charge in [-0.3, -0.25) is 4.93 Å². The summed E-state index contributed by atoms with van der Waals surface area (Å²) in [6.07, 6.45) is 0. The molecule has 3 heteroatoms. The second-order valence-electron chi connectivity index (χ2n) is 0. The van der Waals surface area contributed by atoms with Crippen molar-refractivity contribution in [2.75, 3.05) is 0 Å². The van der Waals surface area contributed by atoms with Gasteiger partial charge in [-0.1, -0.05) is 0 Å². The Bertz CT molecular complexity index is 8.00. The molecule has 0 nitrogen and oxygen atoms in total. The van der Waals surface area contributed by atoms with Gasteiger partial charge in [0.2, 0.25) is 0 Å². The Morgan fingerprint density at radius 1 is 1.25 bits per heavy atom. The Morgan fingerprint density at radius 2 is 1.25 bits per heavy atom. The second kappa shape index (κ2) is 20.9. The van der Waals surface area contributed by atoms with Crippen LogP contribution in [0.4, 0.5) is 0 Å². The van der Waals surface area contributed by atoms with Crippen LogP contribution >= 0.6 is 22.6 Å². The molecule has 0 saturated carbocycles. The first-order valence-electron chi connectivity index (χ1n) is 0.267. The molecule has 0 aromatic carbocycles. The fourth-order valence-electron chi connectivity index (χ4n) is 0. The maximum absolute atomic E-state index is 3.22. The number of halogens is 1. The van der Waals surface area contributed by atoms with Crippen molar-refractivity contribution in [3.63, 3.8) is 0 Å². The van der Waals surface area contributed by atoms with Gasteiger partial charge in [0.15, 0.2) is 0 Å². The van der Waals surface area contributed by atoms with Crippen molar-refractivity contribution in [1.82, 2.24) is 0 Å². The van der Waals surface area contributed by atoms with E-state index in [9.17, 15) is 0 Å². The third-order valence-corrected chi connectivity index (χ3v) is 0. The molecule has 0 fully saturated rings. The Balaban J connectivity index is -0.00000000500. The van der Waals surface area contributed by atoms with Gasteiger partial charge in [0.1, 0.15) is 0 Å². The molecular formula is CH2CoIRu. The minimum atomic E-state index is 0. The van der Waals surface area contributed by atoms with Crippen LogP contribution in [-0.4, -0.2) is 0 Å². The largest absolute Gasteiger partial charge is 1.00 e. The summed E-state index contributed by atoms with van der Waals surface area (Å²) in [5.74, 6) is 0. The summed E-state index contributed by atoms with van der Waals surface area (Å²) in [5.41, 5.74) is 0. The Kier molecular flexibility index (Phi) is 88.6. The van der Waals surface area contributed by atoms with E-state index in [0.29, 0.717) is 0 Å². The first-order chi connectivity index (χ1) is 1.00. The summed E-state index contributed by atoms with van der Waals surface area (Å²) in [6.45, 7) is 0. The zero-order valence-electron chi connectivity index (χ0n) is 1.77. The minimum absolute atomic E-state index is 0. The standard InChI is InChI=1S/CH2I.Co.Ru/c1-2;;/h1H2;;/q-1;;+1. The summed E-state index contributed by atoms with van der Waals surface area (Å²) in [4.78, 5) is 3.22. The summed E-state index contributed by atoms with van der Waals surface area (Å²) in [7, 11) is 0. The molecule has 0 N–H and O–H groups in total. The molecule has 2 radical (unpaired) electrons. The van der Waals surface area contributed by atoms with E-state index in [0.717, 1.165) is 0 Å². The number of hydrogen-bond acceptors (Lipinski definition) is 0. The van der Waals surface area contributed by atoms with Crippen molar-refractivity contribution < 1.29 is 36.3 Å². The van der Waals surface area contributed by atoms with Crippen LogP contribution in [0.1, 0.15) is 0 Å². The monoisotopic (exact) mass is 302 g/mol. The molecule has 0 heterocycles. The van der Waals surface area contributed by atoms with Gasteiger partial charge in [-0.15, -0.1) is 0 Å². The van der Waals surface area contributed by atoms with Crippen LogP contribution in [0.25, 0.3) is 0 Å². The SMILES string of the molecule is [CH2-]I.[Co].[Ru+]. The summed E-state index contributed by atoms with van der Waals surface area (Å²) in [6, 6.07) is 0. The van der Waals surface area contributed by atoms with E-state index in [2.05, 4.69) is 4.93 Å². The molecule has 0 aliphatic rings. The van der Waals surface area contributed by atoms with Gasteiger partial charge in [-0.2, -0.15) is 0 Å². The number of rotatable bonds is 0. The summed E-state index contributed by atoms with van der Waals surface area (Å²) < 4.78 is 0. The maximum Gasteiger partial charge on any atom is 1.00 e. The van der Waals surface area contributed by atoms with Crippen molar-refractivity contribution in [1.29, 1.82) is 0 Å². The molecule has 0 atom stereocenters. The average molecular weight is 301 g/mol. The summed E-state index contributed by atoms with van der Waals surface area (Å²) >= 11 is 1.90. The van der Waals surface area contributed by atoms with Gasteiger partial charge < -0.3 is 22.6 Å². The maximum atomic E-state index is 3.22. The van der Waals surface area contributed by atoms with Gasteiger partial charge in [0, 0.05) is 16.8 Å². The Morgan fingerprint density at radius 3 is 1.25 bits per heavy atom. The van der Waals surface area contributed by atoms with E-state index in [1.165, 1.54) is 0 Å². The quantitative estimate of drug-likeness (QED) is 0.358. The normalized spacial score (nSPS) is 1.50. The molecule has 0 amide bonds. The van der Waals surface area contributed by atoms with Crippen molar-refractivity contribution in [3.05, 3.63) is 4.93 Å². The van der Waals surface area contributed by atoms with E-state index in [1.807, 2.05) is 22.6 Å². The molecule has 0 spiro atoms. The fourth-order valence-corrected chi connectivity index (χ4v) is 0. The van der Waals surface area contributed by atoms with Gasteiger partial charge in [0.05, 0.1) is 0 Å². The van der Waals surface area contributed by atoms with Crippen LogP contribution in [0, 0.1) is 4.93 Å². The van der Waals surface area contributed by atoms with Crippen LogP contribution < -0.4 is 0 Å². The smallest absolute Gasteiger partial charge is 0.319 e. The zero-order valence-corrected chi connectivity index (χ0v) is 6.71. The van der Waals surface area contributed by atoms with Crippen LogP contribution in [0.5, 0.6) is 0 Å². The van der Waals surface area contributed by atoms with E-state index in [-0.39, 0.29) is 36.3 Å². The average Bonchev–Trinajstić information content (AvgIpc) is 1.00. The minimum Gasteiger partial charge on any atom is -0.319 e. The predicted molar refractivity (Wildman–Crippen MR) is 19.4 cm³/mol. The van der Waals surface area contributed by atoms with Gasteiger partial charge in [-0.25, -0.2) is 0 Å². The van der Waals surface area contributed by atoms with Crippen molar-refractivity contribution in [2.24, 2.45) is 0 Å². The van der Waals surface area contributed by atoms with E-state index in [4.69, 9.17) is 0 Å². The summed E-state index contributed by atoms with van der Waals surface area (Å²) in [5, 5.41) is 0. The van der Waals surface area contributed by atoms with Crippen LogP contribution in [0.3, 0.4) is 0 Å². The Labute approximate surface area is 63.2 Å². The van der Waals surface area contributed by atoms with Crippen molar-refractivity contribution >= 4 is 22.6 Å². The van der Waals surface area contributed by atoms with E-state index in [1.54, 1.807) is 0 Å².